The molecule has 0 aliphatic carbocycles. The highest BCUT2D eigenvalue weighted by Gasteiger charge is 2.01. The number of rotatable bonds is 7. The summed E-state index contributed by atoms with van der Waals surface area (Å²) in [5.74, 6) is 0.875. The van der Waals surface area contributed by atoms with E-state index in [1.54, 1.807) is 7.11 Å². The molecule has 0 bridgehead atoms. The highest BCUT2D eigenvalue weighted by molar-refractivity contribution is 9.10. The molecule has 2 nitrogen and oxygen atoms in total. The van der Waals surface area contributed by atoms with Gasteiger partial charge in [0, 0.05) is 17.1 Å². The van der Waals surface area contributed by atoms with Crippen molar-refractivity contribution in [3.63, 3.8) is 0 Å². The SMILES string of the molecule is COc1ccc(Br)c(NCCCCc2ccccc2)c1. The second-order valence-electron chi connectivity index (χ2n) is 4.72. The number of nitrogens with one attached hydrogen (secondary N) is 1. The lowest BCUT2D eigenvalue weighted by Crippen LogP contribution is -2.03. The number of unbranched alkanes of at least 4 members (excludes halogenated alkanes) is 1. The summed E-state index contributed by atoms with van der Waals surface area (Å²) in [6.45, 7) is 0.971. The van der Waals surface area contributed by atoms with E-state index in [-0.39, 0.29) is 0 Å². The first-order valence-electron chi connectivity index (χ1n) is 6.91. The van der Waals surface area contributed by atoms with Gasteiger partial charge in [-0.25, -0.2) is 0 Å². The Morgan fingerprint density at radius 2 is 1.85 bits per heavy atom. The fourth-order valence-corrected chi connectivity index (χ4v) is 2.48. The average Bonchev–Trinajstić information content (AvgIpc) is 2.50. The van der Waals surface area contributed by atoms with E-state index in [0.29, 0.717) is 0 Å². The third kappa shape index (κ3) is 4.57. The van der Waals surface area contributed by atoms with Crippen LogP contribution in [0.1, 0.15) is 18.4 Å². The van der Waals surface area contributed by atoms with Gasteiger partial charge >= 0.3 is 0 Å². The van der Waals surface area contributed by atoms with E-state index >= 15 is 0 Å². The Morgan fingerprint density at radius 3 is 2.60 bits per heavy atom. The predicted octanol–water partition coefficient (Wildman–Crippen LogP) is 4.89. The molecule has 0 saturated carbocycles. The molecule has 0 heterocycles. The molecule has 0 saturated heterocycles. The molecular weight excluding hydrogens is 314 g/mol. The third-order valence-electron chi connectivity index (χ3n) is 3.22. The highest BCUT2D eigenvalue weighted by atomic mass is 79.9. The van der Waals surface area contributed by atoms with Crippen molar-refractivity contribution < 1.29 is 4.74 Å². The van der Waals surface area contributed by atoms with Gasteiger partial charge in [-0.2, -0.15) is 0 Å². The van der Waals surface area contributed by atoms with Crippen molar-refractivity contribution in [3.8, 4) is 5.75 Å². The zero-order chi connectivity index (χ0) is 14.2. The Bertz CT molecular complexity index is 528. The lowest BCUT2D eigenvalue weighted by Gasteiger charge is -2.10. The largest absolute Gasteiger partial charge is 0.497 e. The number of halogens is 1. The van der Waals surface area contributed by atoms with Crippen molar-refractivity contribution in [2.24, 2.45) is 0 Å². The summed E-state index contributed by atoms with van der Waals surface area (Å²) in [4.78, 5) is 0. The van der Waals surface area contributed by atoms with Crippen LogP contribution in [0.5, 0.6) is 5.75 Å². The van der Waals surface area contributed by atoms with Crippen LogP contribution in [0.15, 0.2) is 53.0 Å². The van der Waals surface area contributed by atoms with Crippen molar-refractivity contribution in [2.75, 3.05) is 19.0 Å². The molecule has 106 valence electrons. The maximum absolute atomic E-state index is 5.23. The number of aryl methyl sites for hydroxylation is 1. The summed E-state index contributed by atoms with van der Waals surface area (Å²) < 4.78 is 6.31. The van der Waals surface area contributed by atoms with Crippen LogP contribution in [-0.2, 0) is 6.42 Å². The van der Waals surface area contributed by atoms with Crippen LogP contribution in [0.3, 0.4) is 0 Å². The quantitative estimate of drug-likeness (QED) is 0.728. The van der Waals surface area contributed by atoms with Gasteiger partial charge in [0.15, 0.2) is 0 Å². The van der Waals surface area contributed by atoms with Crippen molar-refractivity contribution in [2.45, 2.75) is 19.3 Å². The van der Waals surface area contributed by atoms with Gasteiger partial charge in [-0.3, -0.25) is 0 Å². The van der Waals surface area contributed by atoms with Crippen LogP contribution in [0.4, 0.5) is 5.69 Å². The van der Waals surface area contributed by atoms with Crippen LogP contribution in [0, 0.1) is 0 Å². The van der Waals surface area contributed by atoms with E-state index in [1.807, 2.05) is 18.2 Å². The lowest BCUT2D eigenvalue weighted by atomic mass is 10.1. The minimum absolute atomic E-state index is 0.875. The summed E-state index contributed by atoms with van der Waals surface area (Å²) in [5.41, 5.74) is 2.50. The fourth-order valence-electron chi connectivity index (χ4n) is 2.09. The van der Waals surface area contributed by atoms with Crippen molar-refractivity contribution in [3.05, 3.63) is 58.6 Å². The Morgan fingerprint density at radius 1 is 1.05 bits per heavy atom. The number of hydrogen-bond acceptors (Lipinski definition) is 2. The van der Waals surface area contributed by atoms with Crippen LogP contribution in [-0.4, -0.2) is 13.7 Å². The van der Waals surface area contributed by atoms with Gasteiger partial charge in [-0.15, -0.1) is 0 Å². The van der Waals surface area contributed by atoms with E-state index in [9.17, 15) is 0 Å². The second kappa shape index (κ2) is 7.95. The summed E-state index contributed by atoms with van der Waals surface area (Å²) in [7, 11) is 1.69. The van der Waals surface area contributed by atoms with Crippen molar-refractivity contribution in [1.29, 1.82) is 0 Å². The Hall–Kier alpha value is -1.48. The predicted molar refractivity (Wildman–Crippen MR) is 88.6 cm³/mol. The zero-order valence-corrected chi connectivity index (χ0v) is 13.3. The number of ether oxygens (including phenoxy) is 1. The standard InChI is InChI=1S/C17H20BrNO/c1-20-15-10-11-16(18)17(13-15)19-12-6-5-9-14-7-3-2-4-8-14/h2-4,7-8,10-11,13,19H,5-6,9,12H2,1H3. The average molecular weight is 334 g/mol. The monoisotopic (exact) mass is 333 g/mol. The van der Waals surface area contributed by atoms with Gasteiger partial charge < -0.3 is 10.1 Å². The third-order valence-corrected chi connectivity index (χ3v) is 3.92. The second-order valence-corrected chi connectivity index (χ2v) is 5.57. The first-order chi connectivity index (χ1) is 9.79. The first kappa shape index (κ1) is 14.9. The molecule has 0 radical (unpaired) electrons. The smallest absolute Gasteiger partial charge is 0.121 e. The molecule has 0 aliphatic heterocycles. The van der Waals surface area contributed by atoms with Gasteiger partial charge in [-0.05, 0) is 52.9 Å². The molecule has 0 spiro atoms. The van der Waals surface area contributed by atoms with E-state index < -0.39 is 0 Å². The van der Waals surface area contributed by atoms with Gasteiger partial charge in [0.2, 0.25) is 0 Å². The van der Waals surface area contributed by atoms with E-state index in [4.69, 9.17) is 4.74 Å². The topological polar surface area (TPSA) is 21.3 Å². The Kier molecular flexibility index (Phi) is 5.93. The normalized spacial score (nSPS) is 10.3. The minimum Gasteiger partial charge on any atom is -0.497 e. The van der Waals surface area contributed by atoms with Crippen LogP contribution in [0.25, 0.3) is 0 Å². The van der Waals surface area contributed by atoms with Gasteiger partial charge in [0.05, 0.1) is 12.8 Å². The molecule has 0 unspecified atom stereocenters. The van der Waals surface area contributed by atoms with Gasteiger partial charge in [0.1, 0.15) is 5.75 Å². The highest BCUT2D eigenvalue weighted by Crippen LogP contribution is 2.27. The summed E-state index contributed by atoms with van der Waals surface area (Å²) >= 11 is 3.55. The van der Waals surface area contributed by atoms with Crippen LogP contribution < -0.4 is 10.1 Å². The summed E-state index contributed by atoms with van der Waals surface area (Å²) in [5, 5.41) is 3.45. The molecular formula is C17H20BrNO. The zero-order valence-electron chi connectivity index (χ0n) is 11.7. The molecule has 2 aromatic carbocycles. The van der Waals surface area contributed by atoms with Crippen LogP contribution in [0.2, 0.25) is 0 Å². The van der Waals surface area contributed by atoms with E-state index in [0.717, 1.165) is 35.3 Å². The molecule has 20 heavy (non-hydrogen) atoms. The molecule has 2 rings (SSSR count). The molecule has 0 aromatic heterocycles. The lowest BCUT2D eigenvalue weighted by molar-refractivity contribution is 0.415. The number of benzene rings is 2. The molecule has 3 heteroatoms. The van der Waals surface area contributed by atoms with Gasteiger partial charge in [-0.1, -0.05) is 30.3 Å². The fraction of sp³-hybridized carbons (Fsp3) is 0.294. The number of methoxy groups -OCH3 is 1. The summed E-state index contributed by atoms with van der Waals surface area (Å²) in [6, 6.07) is 16.6. The summed E-state index contributed by atoms with van der Waals surface area (Å²) in [6.07, 6.45) is 3.49. The van der Waals surface area contributed by atoms with Crippen LogP contribution >= 0.6 is 15.9 Å². The van der Waals surface area contributed by atoms with Crippen molar-refractivity contribution in [1.82, 2.24) is 0 Å². The molecule has 0 fully saturated rings. The Labute approximate surface area is 129 Å². The Balaban J connectivity index is 1.73. The number of hydrogen-bond donors (Lipinski definition) is 1. The first-order valence-corrected chi connectivity index (χ1v) is 7.70. The van der Waals surface area contributed by atoms with E-state index in [1.165, 1.54) is 12.0 Å². The molecule has 0 aliphatic rings. The minimum atomic E-state index is 0.875. The molecule has 0 amide bonds. The molecule has 1 N–H and O–H groups in total. The molecule has 0 atom stereocenters. The number of anilines is 1. The maximum atomic E-state index is 5.23. The molecule has 2 aromatic rings. The van der Waals surface area contributed by atoms with Gasteiger partial charge in [0.25, 0.3) is 0 Å². The van der Waals surface area contributed by atoms with E-state index in [2.05, 4.69) is 51.6 Å². The van der Waals surface area contributed by atoms with Crippen molar-refractivity contribution >= 4 is 21.6 Å². The maximum Gasteiger partial charge on any atom is 0.121 e.